The summed E-state index contributed by atoms with van der Waals surface area (Å²) in [5.41, 5.74) is 0.377. The molecule has 0 radical (unpaired) electrons. The molecule has 1 amide bonds. The molecule has 13 heavy (non-hydrogen) atoms. The van der Waals surface area contributed by atoms with Crippen molar-refractivity contribution < 1.29 is 9.90 Å². The standard InChI is InChI=1S/C8H8N2O3/c11-8(12)10(6-9-13)7-4-2-1-3-5-7/h1-5H,6H2,(H,11,12)/p-1. The van der Waals surface area contributed by atoms with Crippen LogP contribution in [0.4, 0.5) is 10.5 Å². The molecule has 0 spiro atoms. The lowest BCUT2D eigenvalue weighted by molar-refractivity contribution is -0.246. The molecule has 5 heteroatoms. The van der Waals surface area contributed by atoms with E-state index < -0.39 is 12.8 Å². The molecule has 0 aliphatic heterocycles. The summed E-state index contributed by atoms with van der Waals surface area (Å²) in [5, 5.41) is 13.0. The SMILES string of the molecule is O=NCN(C(=O)[O-])c1ccccc1. The third-order valence-corrected chi connectivity index (χ3v) is 1.49. The predicted octanol–water partition coefficient (Wildman–Crippen LogP) is 0.560. The van der Waals surface area contributed by atoms with Crippen molar-refractivity contribution in [1.29, 1.82) is 0 Å². The van der Waals surface area contributed by atoms with E-state index >= 15 is 0 Å². The molecule has 0 bridgehead atoms. The molecule has 1 aromatic rings. The number of hydrogen-bond donors (Lipinski definition) is 0. The highest BCUT2D eigenvalue weighted by Crippen LogP contribution is 2.11. The number of benzene rings is 1. The lowest BCUT2D eigenvalue weighted by Crippen LogP contribution is -2.41. The van der Waals surface area contributed by atoms with E-state index in [0.717, 1.165) is 4.90 Å². The van der Waals surface area contributed by atoms with Crippen molar-refractivity contribution in [3.63, 3.8) is 0 Å². The molecule has 0 aliphatic carbocycles. The zero-order valence-corrected chi connectivity index (χ0v) is 6.71. The predicted molar refractivity (Wildman–Crippen MR) is 45.0 cm³/mol. The highest BCUT2D eigenvalue weighted by Gasteiger charge is 2.05. The molecule has 0 saturated carbocycles. The van der Waals surface area contributed by atoms with Gasteiger partial charge in [-0.1, -0.05) is 18.2 Å². The molecule has 0 aliphatic rings. The van der Waals surface area contributed by atoms with E-state index in [0.29, 0.717) is 5.69 Å². The maximum Gasteiger partial charge on any atom is 0.158 e. The molecule has 0 unspecified atom stereocenters. The van der Waals surface area contributed by atoms with Crippen LogP contribution in [0.3, 0.4) is 0 Å². The molecule has 0 N–H and O–H groups in total. The van der Waals surface area contributed by atoms with E-state index in [2.05, 4.69) is 5.18 Å². The number of amides is 1. The molecule has 0 saturated heterocycles. The Kier molecular flexibility index (Phi) is 2.97. The van der Waals surface area contributed by atoms with E-state index in [1.54, 1.807) is 30.3 Å². The topological polar surface area (TPSA) is 72.8 Å². The molecule has 1 aromatic carbocycles. The van der Waals surface area contributed by atoms with Gasteiger partial charge in [0.05, 0.1) is 0 Å². The van der Waals surface area contributed by atoms with Gasteiger partial charge in [0.2, 0.25) is 0 Å². The minimum absolute atomic E-state index is 0.377. The van der Waals surface area contributed by atoms with Gasteiger partial charge in [0, 0.05) is 5.69 Å². The van der Waals surface area contributed by atoms with E-state index in [4.69, 9.17) is 0 Å². The lowest BCUT2D eigenvalue weighted by Gasteiger charge is -2.21. The molecular weight excluding hydrogens is 172 g/mol. The number of hydrogen-bond acceptors (Lipinski definition) is 4. The Balaban J connectivity index is 2.88. The molecular formula is C8H7N2O3-. The summed E-state index contributed by atoms with van der Waals surface area (Å²) in [6.45, 7) is -0.452. The maximum absolute atomic E-state index is 10.5. The fourth-order valence-corrected chi connectivity index (χ4v) is 0.910. The van der Waals surface area contributed by atoms with E-state index in [1.165, 1.54) is 0 Å². The number of anilines is 1. The van der Waals surface area contributed by atoms with Gasteiger partial charge in [0.25, 0.3) is 0 Å². The Morgan fingerprint density at radius 1 is 1.38 bits per heavy atom. The fourth-order valence-electron chi connectivity index (χ4n) is 0.910. The quantitative estimate of drug-likeness (QED) is 0.636. The summed E-state index contributed by atoms with van der Waals surface area (Å²) in [7, 11) is 0. The van der Waals surface area contributed by atoms with Crippen molar-refractivity contribution in [2.24, 2.45) is 5.18 Å². The average Bonchev–Trinajstić information content (AvgIpc) is 2.15. The largest absolute Gasteiger partial charge is 0.530 e. The molecule has 0 aromatic heterocycles. The Morgan fingerprint density at radius 3 is 2.46 bits per heavy atom. The van der Waals surface area contributed by atoms with Crippen LogP contribution in [0.5, 0.6) is 0 Å². The minimum atomic E-state index is -1.44. The number of nitroso groups, excluding NO2 is 1. The second kappa shape index (κ2) is 4.20. The van der Waals surface area contributed by atoms with E-state index in [-0.39, 0.29) is 0 Å². The van der Waals surface area contributed by atoms with Gasteiger partial charge in [0.15, 0.2) is 6.67 Å². The first-order chi connectivity index (χ1) is 6.25. The van der Waals surface area contributed by atoms with Gasteiger partial charge in [-0.05, 0) is 17.3 Å². The lowest BCUT2D eigenvalue weighted by atomic mass is 10.3. The third kappa shape index (κ3) is 2.26. The van der Waals surface area contributed by atoms with Gasteiger partial charge in [0.1, 0.15) is 6.09 Å². The smallest absolute Gasteiger partial charge is 0.158 e. The Hall–Kier alpha value is -1.91. The molecule has 68 valence electrons. The second-order valence-corrected chi connectivity index (χ2v) is 2.30. The summed E-state index contributed by atoms with van der Waals surface area (Å²) < 4.78 is 0. The molecule has 1 rings (SSSR count). The molecule has 0 fully saturated rings. The van der Waals surface area contributed by atoms with Crippen LogP contribution >= 0.6 is 0 Å². The van der Waals surface area contributed by atoms with Crippen LogP contribution in [0, 0.1) is 4.91 Å². The first-order valence-electron chi connectivity index (χ1n) is 3.58. The number of para-hydroxylation sites is 1. The van der Waals surface area contributed by atoms with Gasteiger partial charge in [-0.25, -0.2) is 0 Å². The summed E-state index contributed by atoms with van der Waals surface area (Å²) in [6.07, 6.45) is -1.44. The summed E-state index contributed by atoms with van der Waals surface area (Å²) >= 11 is 0. The number of nitrogens with zero attached hydrogens (tertiary/aromatic N) is 2. The third-order valence-electron chi connectivity index (χ3n) is 1.49. The number of carbonyl (C=O) groups is 1. The van der Waals surface area contributed by atoms with Crippen LogP contribution in [0.2, 0.25) is 0 Å². The Bertz CT molecular complexity index is 300. The number of rotatable bonds is 3. The zero-order chi connectivity index (χ0) is 9.68. The van der Waals surface area contributed by atoms with Crippen LogP contribution in [0.1, 0.15) is 0 Å². The van der Waals surface area contributed by atoms with Crippen LogP contribution in [-0.2, 0) is 0 Å². The van der Waals surface area contributed by atoms with Crippen LogP contribution in [0.25, 0.3) is 0 Å². The van der Waals surface area contributed by atoms with Crippen molar-refractivity contribution in [3.8, 4) is 0 Å². The average molecular weight is 179 g/mol. The number of carbonyl (C=O) groups excluding carboxylic acids is 1. The van der Waals surface area contributed by atoms with Crippen LogP contribution in [-0.4, -0.2) is 12.8 Å². The Labute approximate surface area is 74.6 Å². The van der Waals surface area contributed by atoms with Gasteiger partial charge in [-0.15, -0.1) is 4.91 Å². The van der Waals surface area contributed by atoms with Crippen molar-refractivity contribution in [2.75, 3.05) is 11.6 Å². The maximum atomic E-state index is 10.5. The van der Waals surface area contributed by atoms with Gasteiger partial charge in [-0.2, -0.15) is 0 Å². The minimum Gasteiger partial charge on any atom is -0.530 e. The summed E-state index contributed by atoms with van der Waals surface area (Å²) in [4.78, 5) is 21.2. The Morgan fingerprint density at radius 2 is 2.00 bits per heavy atom. The van der Waals surface area contributed by atoms with E-state index in [1.807, 2.05) is 0 Å². The fraction of sp³-hybridized carbons (Fsp3) is 0.125. The van der Waals surface area contributed by atoms with Crippen LogP contribution < -0.4 is 10.0 Å². The van der Waals surface area contributed by atoms with Crippen molar-refractivity contribution in [1.82, 2.24) is 0 Å². The van der Waals surface area contributed by atoms with Crippen molar-refractivity contribution in [2.45, 2.75) is 0 Å². The zero-order valence-electron chi connectivity index (χ0n) is 6.71. The van der Waals surface area contributed by atoms with E-state index in [9.17, 15) is 14.8 Å². The van der Waals surface area contributed by atoms with Crippen LogP contribution in [0.15, 0.2) is 35.5 Å². The number of carboxylic acid groups (broad SMARTS) is 1. The first-order valence-corrected chi connectivity index (χ1v) is 3.58. The first kappa shape index (κ1) is 9.18. The molecule has 0 heterocycles. The highest BCUT2D eigenvalue weighted by atomic mass is 16.4. The second-order valence-electron chi connectivity index (χ2n) is 2.30. The van der Waals surface area contributed by atoms with Gasteiger partial charge in [-0.3, -0.25) is 0 Å². The normalized spacial score (nSPS) is 9.23. The summed E-state index contributed by atoms with van der Waals surface area (Å²) in [6, 6.07) is 8.18. The van der Waals surface area contributed by atoms with Crippen molar-refractivity contribution in [3.05, 3.63) is 35.2 Å². The molecule has 5 nitrogen and oxygen atoms in total. The monoisotopic (exact) mass is 179 g/mol. The molecule has 0 atom stereocenters. The van der Waals surface area contributed by atoms with Gasteiger partial charge < -0.3 is 14.8 Å². The highest BCUT2D eigenvalue weighted by molar-refractivity contribution is 5.84. The van der Waals surface area contributed by atoms with Crippen molar-refractivity contribution >= 4 is 11.8 Å². The summed E-state index contributed by atoms with van der Waals surface area (Å²) in [5.74, 6) is 0. The van der Waals surface area contributed by atoms with Gasteiger partial charge >= 0.3 is 0 Å².